The van der Waals surface area contributed by atoms with Gasteiger partial charge in [0.05, 0.1) is 16.9 Å². The Labute approximate surface area is 134 Å². The molecule has 22 heavy (non-hydrogen) atoms. The first-order valence-electron chi connectivity index (χ1n) is 6.80. The monoisotopic (exact) mass is 339 g/mol. The van der Waals surface area contributed by atoms with Crippen LogP contribution in [-0.4, -0.2) is 36.5 Å². The van der Waals surface area contributed by atoms with E-state index in [1.807, 2.05) is 0 Å². The van der Waals surface area contributed by atoms with Crippen LogP contribution in [0.1, 0.15) is 16.1 Å². The Morgan fingerprint density at radius 1 is 1.41 bits per heavy atom. The first-order chi connectivity index (χ1) is 10.5. The number of esters is 1. The molecule has 1 spiro atoms. The molecule has 1 aromatic carbocycles. The van der Waals surface area contributed by atoms with Crippen molar-refractivity contribution in [3.05, 3.63) is 33.9 Å². The van der Waals surface area contributed by atoms with Gasteiger partial charge < -0.3 is 9.64 Å². The van der Waals surface area contributed by atoms with E-state index in [1.165, 1.54) is 23.5 Å². The van der Waals surface area contributed by atoms with Crippen molar-refractivity contribution in [3.63, 3.8) is 0 Å². The second-order valence-electron chi connectivity index (χ2n) is 5.88. The van der Waals surface area contributed by atoms with E-state index in [1.54, 1.807) is 11.0 Å². The van der Waals surface area contributed by atoms with Crippen LogP contribution in [-0.2, 0) is 9.53 Å². The van der Waals surface area contributed by atoms with Gasteiger partial charge in [0.2, 0.25) is 0 Å². The second kappa shape index (κ2) is 4.67. The Morgan fingerprint density at radius 3 is 2.86 bits per heavy atom. The van der Waals surface area contributed by atoms with Gasteiger partial charge in [-0.25, -0.2) is 4.39 Å². The molecule has 0 radical (unpaired) electrons. The number of fused-ring (bicyclic) bond motifs is 1. The van der Waals surface area contributed by atoms with E-state index >= 15 is 0 Å². The lowest BCUT2D eigenvalue weighted by Gasteiger charge is -2.45. The zero-order chi connectivity index (χ0) is 15.5. The topological polar surface area (TPSA) is 46.6 Å². The molecular formula is C15H11ClFNO3S. The first kappa shape index (κ1) is 14.0. The van der Waals surface area contributed by atoms with Crippen LogP contribution in [0.5, 0.6) is 0 Å². The largest absolute Gasteiger partial charge is 0.465 e. The number of likely N-dealkylation sites (tertiary alicyclic amines) is 1. The summed E-state index contributed by atoms with van der Waals surface area (Å²) >= 11 is 7.46. The highest BCUT2D eigenvalue weighted by atomic mass is 35.5. The molecule has 4 rings (SSSR count). The lowest BCUT2D eigenvalue weighted by Crippen LogP contribution is -2.58. The molecule has 0 atom stereocenters. The fourth-order valence-corrected chi connectivity index (χ4v) is 4.58. The lowest BCUT2D eigenvalue weighted by molar-refractivity contribution is -0.137. The van der Waals surface area contributed by atoms with E-state index in [0.717, 1.165) is 0 Å². The average Bonchev–Trinajstić information content (AvgIpc) is 2.98. The second-order valence-corrected chi connectivity index (χ2v) is 7.31. The summed E-state index contributed by atoms with van der Waals surface area (Å²) in [6.45, 7) is 1.37. The molecule has 0 bridgehead atoms. The molecule has 1 amide bonds. The maximum atomic E-state index is 13.3. The van der Waals surface area contributed by atoms with Crippen molar-refractivity contribution in [2.24, 2.45) is 5.41 Å². The van der Waals surface area contributed by atoms with Gasteiger partial charge in [-0.1, -0.05) is 11.6 Å². The number of cyclic esters (lactones) is 1. The number of thiophene rings is 1. The molecule has 7 heteroatoms. The third-order valence-corrected chi connectivity index (χ3v) is 5.83. The van der Waals surface area contributed by atoms with Gasteiger partial charge in [-0.15, -0.1) is 11.3 Å². The molecule has 3 heterocycles. The highest BCUT2D eigenvalue weighted by molar-refractivity contribution is 7.21. The van der Waals surface area contributed by atoms with Crippen molar-refractivity contribution >= 4 is 44.9 Å². The van der Waals surface area contributed by atoms with Gasteiger partial charge in [-0.05, 0) is 18.2 Å². The van der Waals surface area contributed by atoms with Gasteiger partial charge in [0, 0.05) is 23.2 Å². The third-order valence-electron chi connectivity index (χ3n) is 4.18. The minimum Gasteiger partial charge on any atom is -0.465 e. The molecule has 2 aliphatic heterocycles. The first-order valence-corrected chi connectivity index (χ1v) is 7.99. The summed E-state index contributed by atoms with van der Waals surface area (Å²) in [5.41, 5.74) is -0.220. The summed E-state index contributed by atoms with van der Waals surface area (Å²) in [5.74, 6) is -0.729. The van der Waals surface area contributed by atoms with Gasteiger partial charge in [0.15, 0.2) is 0 Å². The predicted molar refractivity (Wildman–Crippen MR) is 80.7 cm³/mol. The van der Waals surface area contributed by atoms with Crippen molar-refractivity contribution in [1.82, 2.24) is 4.90 Å². The zero-order valence-electron chi connectivity index (χ0n) is 11.4. The van der Waals surface area contributed by atoms with E-state index in [-0.39, 0.29) is 23.1 Å². The number of carbonyl (C=O) groups is 2. The van der Waals surface area contributed by atoms with Crippen LogP contribution in [0, 0.1) is 11.2 Å². The maximum absolute atomic E-state index is 13.3. The molecule has 1 aromatic heterocycles. The van der Waals surface area contributed by atoms with Crippen LogP contribution >= 0.6 is 22.9 Å². The number of carbonyl (C=O) groups excluding carboxylic acids is 2. The molecule has 4 nitrogen and oxygen atoms in total. The number of hydrogen-bond donors (Lipinski definition) is 0. The van der Waals surface area contributed by atoms with E-state index in [0.29, 0.717) is 46.1 Å². The van der Waals surface area contributed by atoms with Crippen molar-refractivity contribution < 1.29 is 18.7 Å². The molecule has 0 saturated carbocycles. The van der Waals surface area contributed by atoms with Crippen LogP contribution in [0.3, 0.4) is 0 Å². The number of nitrogens with zero attached hydrogens (tertiary/aromatic N) is 1. The minimum atomic E-state index is -0.353. The predicted octanol–water partition coefficient (Wildman–Crippen LogP) is 3.08. The van der Waals surface area contributed by atoms with Gasteiger partial charge in [0.25, 0.3) is 5.91 Å². The summed E-state index contributed by atoms with van der Waals surface area (Å²) in [5, 5.41) is 1.05. The number of amides is 1. The molecule has 2 aliphatic rings. The molecule has 2 aromatic rings. The summed E-state index contributed by atoms with van der Waals surface area (Å²) in [6.07, 6.45) is 0.363. The Kier molecular flexibility index (Phi) is 2.96. The highest BCUT2D eigenvalue weighted by Gasteiger charge is 2.51. The number of rotatable bonds is 1. The molecule has 0 N–H and O–H groups in total. The summed E-state index contributed by atoms with van der Waals surface area (Å²) in [6, 6.07) is 4.29. The number of ether oxygens (including phenoxy) is 1. The molecule has 2 fully saturated rings. The molecule has 0 aliphatic carbocycles. The highest BCUT2D eigenvalue weighted by Crippen LogP contribution is 2.42. The van der Waals surface area contributed by atoms with Crippen LogP contribution in [0.2, 0.25) is 5.02 Å². The van der Waals surface area contributed by atoms with Gasteiger partial charge in [0.1, 0.15) is 17.3 Å². The van der Waals surface area contributed by atoms with E-state index in [9.17, 15) is 14.0 Å². The Bertz CT molecular complexity index is 812. The number of benzene rings is 1. The number of hydrogen-bond acceptors (Lipinski definition) is 4. The summed E-state index contributed by atoms with van der Waals surface area (Å²) < 4.78 is 18.9. The lowest BCUT2D eigenvalue weighted by atomic mass is 9.79. The smallest absolute Gasteiger partial charge is 0.306 e. The Hall–Kier alpha value is -1.66. The molecule has 2 saturated heterocycles. The van der Waals surface area contributed by atoms with E-state index < -0.39 is 0 Å². The quantitative estimate of drug-likeness (QED) is 0.750. The third kappa shape index (κ3) is 2.01. The van der Waals surface area contributed by atoms with E-state index in [4.69, 9.17) is 16.3 Å². The van der Waals surface area contributed by atoms with E-state index in [2.05, 4.69) is 0 Å². The summed E-state index contributed by atoms with van der Waals surface area (Å²) in [7, 11) is 0. The van der Waals surface area contributed by atoms with Gasteiger partial charge in [-0.3, -0.25) is 9.59 Å². The van der Waals surface area contributed by atoms with Crippen LogP contribution in [0.25, 0.3) is 10.1 Å². The van der Waals surface area contributed by atoms with Crippen molar-refractivity contribution in [3.8, 4) is 0 Å². The number of halogens is 2. The van der Waals surface area contributed by atoms with Crippen LogP contribution in [0.15, 0.2) is 18.2 Å². The van der Waals surface area contributed by atoms with Gasteiger partial charge >= 0.3 is 5.97 Å². The van der Waals surface area contributed by atoms with Crippen molar-refractivity contribution in [2.75, 3.05) is 19.7 Å². The van der Waals surface area contributed by atoms with Crippen LogP contribution < -0.4 is 0 Å². The van der Waals surface area contributed by atoms with Gasteiger partial charge in [-0.2, -0.15) is 0 Å². The van der Waals surface area contributed by atoms with Crippen LogP contribution in [0.4, 0.5) is 4.39 Å². The minimum absolute atomic E-state index is 0.170. The standard InChI is InChI=1S/C15H11ClFNO3S/c16-12-9-2-1-8(17)3-10(9)22-13(12)14(20)18-5-15(6-18)4-11(19)21-7-15/h1-3H,4-7H2. The molecular weight excluding hydrogens is 329 g/mol. The van der Waals surface area contributed by atoms with Crippen molar-refractivity contribution in [1.29, 1.82) is 0 Å². The fraction of sp³-hybridized carbons (Fsp3) is 0.333. The fourth-order valence-electron chi connectivity index (χ4n) is 3.07. The SMILES string of the molecule is O=C1CC2(CO1)CN(C(=O)c1sc3cc(F)ccc3c1Cl)C2. The zero-order valence-corrected chi connectivity index (χ0v) is 13.0. The normalized spacial score (nSPS) is 19.5. The Morgan fingerprint density at radius 2 is 2.18 bits per heavy atom. The molecule has 114 valence electrons. The molecule has 0 unspecified atom stereocenters. The summed E-state index contributed by atoms with van der Waals surface area (Å²) in [4.78, 5) is 25.9. The maximum Gasteiger partial charge on any atom is 0.306 e. The Balaban J connectivity index is 1.59. The van der Waals surface area contributed by atoms with Crippen molar-refractivity contribution in [2.45, 2.75) is 6.42 Å². The average molecular weight is 340 g/mol.